The van der Waals surface area contributed by atoms with Gasteiger partial charge in [0.15, 0.2) is 5.82 Å². The van der Waals surface area contributed by atoms with Crippen LogP contribution in [0.1, 0.15) is 19.0 Å². The van der Waals surface area contributed by atoms with Crippen molar-refractivity contribution < 1.29 is 4.74 Å². The minimum Gasteiger partial charge on any atom is -0.378 e. The molecule has 0 unspecified atom stereocenters. The van der Waals surface area contributed by atoms with E-state index in [1.165, 1.54) is 0 Å². The lowest BCUT2D eigenvalue weighted by Crippen LogP contribution is -2.09. The van der Waals surface area contributed by atoms with Crippen LogP contribution in [0.4, 0.5) is 5.82 Å². The summed E-state index contributed by atoms with van der Waals surface area (Å²) in [4.78, 5) is 9.30. The summed E-state index contributed by atoms with van der Waals surface area (Å²) >= 11 is 5.76. The molecule has 1 heterocycles. The molecule has 1 aromatic carbocycles. The first-order valence-electron chi connectivity index (χ1n) is 6.70. The Bertz CT molecular complexity index is 622. The maximum absolute atomic E-state index is 5.25. The van der Waals surface area contributed by atoms with Crippen molar-refractivity contribution in [2.45, 2.75) is 20.0 Å². The lowest BCUT2D eigenvalue weighted by molar-refractivity contribution is 0.181. The molecule has 0 atom stereocenters. The number of benzene rings is 1. The van der Waals surface area contributed by atoms with Gasteiger partial charge >= 0.3 is 0 Å². The number of anilines is 1. The SMILES string of the molecule is CCCNc1nc(-c2cccc(Br)c2)nc(COC)c1I. The van der Waals surface area contributed by atoms with E-state index in [9.17, 15) is 0 Å². The second-order valence-corrected chi connectivity index (χ2v) is 6.52. The molecule has 6 heteroatoms. The Hall–Kier alpha value is -0.730. The van der Waals surface area contributed by atoms with Gasteiger partial charge in [0.05, 0.1) is 15.9 Å². The van der Waals surface area contributed by atoms with Crippen molar-refractivity contribution in [3.63, 3.8) is 0 Å². The zero-order valence-electron chi connectivity index (χ0n) is 12.0. The summed E-state index contributed by atoms with van der Waals surface area (Å²) < 4.78 is 7.28. The first-order valence-corrected chi connectivity index (χ1v) is 8.58. The largest absolute Gasteiger partial charge is 0.378 e. The predicted octanol–water partition coefficient (Wildman–Crippen LogP) is 4.48. The molecule has 4 nitrogen and oxygen atoms in total. The zero-order chi connectivity index (χ0) is 15.2. The van der Waals surface area contributed by atoms with E-state index >= 15 is 0 Å². The standard InChI is InChI=1S/C15H17BrIN3O/c1-3-7-18-15-13(17)12(9-21-2)19-14(20-15)10-5-4-6-11(16)8-10/h4-6,8H,3,7,9H2,1-2H3,(H,18,19,20). The summed E-state index contributed by atoms with van der Waals surface area (Å²) in [6, 6.07) is 7.99. The number of hydrogen-bond donors (Lipinski definition) is 1. The second kappa shape index (κ2) is 8.05. The van der Waals surface area contributed by atoms with Gasteiger partial charge in [-0.3, -0.25) is 0 Å². The van der Waals surface area contributed by atoms with E-state index in [2.05, 4.69) is 60.7 Å². The van der Waals surface area contributed by atoms with Crippen molar-refractivity contribution >= 4 is 44.3 Å². The van der Waals surface area contributed by atoms with Gasteiger partial charge in [-0.2, -0.15) is 0 Å². The number of nitrogens with one attached hydrogen (secondary N) is 1. The maximum atomic E-state index is 5.25. The summed E-state index contributed by atoms with van der Waals surface area (Å²) in [5, 5.41) is 3.36. The third-order valence-corrected chi connectivity index (χ3v) is 4.45. The van der Waals surface area contributed by atoms with Gasteiger partial charge in [-0.1, -0.05) is 35.0 Å². The highest BCUT2D eigenvalue weighted by atomic mass is 127. The number of rotatable bonds is 6. The van der Waals surface area contributed by atoms with Gasteiger partial charge in [0, 0.05) is 23.7 Å². The molecule has 0 saturated carbocycles. The Kier molecular flexibility index (Phi) is 6.38. The Labute approximate surface area is 147 Å². The minimum atomic E-state index is 0.475. The Morgan fingerprint density at radius 3 is 2.81 bits per heavy atom. The van der Waals surface area contributed by atoms with Crippen molar-refractivity contribution in [3.8, 4) is 11.4 Å². The van der Waals surface area contributed by atoms with Crippen molar-refractivity contribution in [1.29, 1.82) is 0 Å². The molecule has 0 bridgehead atoms. The van der Waals surface area contributed by atoms with Gasteiger partial charge in [0.25, 0.3) is 0 Å². The fraction of sp³-hybridized carbons (Fsp3) is 0.333. The molecule has 2 rings (SSSR count). The summed E-state index contributed by atoms with van der Waals surface area (Å²) in [6.45, 7) is 3.49. The summed E-state index contributed by atoms with van der Waals surface area (Å²) in [7, 11) is 1.68. The minimum absolute atomic E-state index is 0.475. The molecular weight excluding hydrogens is 445 g/mol. The van der Waals surface area contributed by atoms with Crippen LogP contribution in [-0.2, 0) is 11.3 Å². The van der Waals surface area contributed by atoms with Crippen molar-refractivity contribution in [1.82, 2.24) is 9.97 Å². The summed E-state index contributed by atoms with van der Waals surface area (Å²) in [5.41, 5.74) is 1.89. The fourth-order valence-electron chi connectivity index (χ4n) is 1.84. The molecule has 0 aliphatic heterocycles. The highest BCUT2D eigenvalue weighted by Crippen LogP contribution is 2.26. The van der Waals surface area contributed by atoms with E-state index in [1.807, 2.05) is 24.3 Å². The molecular formula is C15H17BrIN3O. The van der Waals surface area contributed by atoms with E-state index < -0.39 is 0 Å². The number of halogens is 2. The van der Waals surface area contributed by atoms with Gasteiger partial charge in [-0.05, 0) is 41.1 Å². The molecule has 0 aliphatic carbocycles. The number of nitrogens with zero attached hydrogens (tertiary/aromatic N) is 2. The predicted molar refractivity (Wildman–Crippen MR) is 97.4 cm³/mol. The molecule has 0 spiro atoms. The van der Waals surface area contributed by atoms with Crippen LogP contribution in [0, 0.1) is 3.57 Å². The van der Waals surface area contributed by atoms with Crippen LogP contribution < -0.4 is 5.32 Å². The van der Waals surface area contributed by atoms with E-state index in [0.717, 1.165) is 38.1 Å². The van der Waals surface area contributed by atoms with Gasteiger partial charge in [0.2, 0.25) is 0 Å². The highest BCUT2D eigenvalue weighted by molar-refractivity contribution is 14.1. The van der Waals surface area contributed by atoms with Gasteiger partial charge < -0.3 is 10.1 Å². The van der Waals surface area contributed by atoms with E-state index in [1.54, 1.807) is 7.11 Å². The third kappa shape index (κ3) is 4.37. The average molecular weight is 462 g/mol. The van der Waals surface area contributed by atoms with Crippen molar-refractivity contribution in [2.24, 2.45) is 0 Å². The van der Waals surface area contributed by atoms with Crippen LogP contribution in [0.3, 0.4) is 0 Å². The maximum Gasteiger partial charge on any atom is 0.161 e. The zero-order valence-corrected chi connectivity index (χ0v) is 15.7. The highest BCUT2D eigenvalue weighted by Gasteiger charge is 2.13. The molecule has 0 aliphatic rings. The second-order valence-electron chi connectivity index (χ2n) is 4.53. The average Bonchev–Trinajstić information content (AvgIpc) is 2.48. The molecule has 2 aromatic rings. The molecule has 0 amide bonds. The smallest absolute Gasteiger partial charge is 0.161 e. The van der Waals surface area contributed by atoms with Crippen LogP contribution in [-0.4, -0.2) is 23.6 Å². The third-order valence-electron chi connectivity index (χ3n) is 2.83. The van der Waals surface area contributed by atoms with Crippen LogP contribution in [0.2, 0.25) is 0 Å². The first-order chi connectivity index (χ1) is 10.2. The molecule has 21 heavy (non-hydrogen) atoms. The quantitative estimate of drug-likeness (QED) is 0.644. The first kappa shape index (κ1) is 16.6. The number of hydrogen-bond acceptors (Lipinski definition) is 4. The lowest BCUT2D eigenvalue weighted by atomic mass is 10.2. The normalized spacial score (nSPS) is 10.7. The number of methoxy groups -OCH3 is 1. The number of aromatic nitrogens is 2. The van der Waals surface area contributed by atoms with Crippen LogP contribution in [0.25, 0.3) is 11.4 Å². The molecule has 112 valence electrons. The molecule has 0 fully saturated rings. The Morgan fingerprint density at radius 1 is 1.33 bits per heavy atom. The fourth-order valence-corrected chi connectivity index (χ4v) is 2.83. The van der Waals surface area contributed by atoms with Crippen molar-refractivity contribution in [2.75, 3.05) is 19.0 Å². The molecule has 1 N–H and O–H groups in total. The van der Waals surface area contributed by atoms with Gasteiger partial charge in [-0.15, -0.1) is 0 Å². The van der Waals surface area contributed by atoms with E-state index in [4.69, 9.17) is 4.74 Å². The summed E-state index contributed by atoms with van der Waals surface area (Å²) in [6.07, 6.45) is 1.05. The molecule has 0 radical (unpaired) electrons. The Morgan fingerprint density at radius 2 is 2.14 bits per heavy atom. The summed E-state index contributed by atoms with van der Waals surface area (Å²) in [5.74, 6) is 1.58. The number of ether oxygens (including phenoxy) is 1. The van der Waals surface area contributed by atoms with E-state index in [-0.39, 0.29) is 0 Å². The van der Waals surface area contributed by atoms with E-state index in [0.29, 0.717) is 12.4 Å². The van der Waals surface area contributed by atoms with Crippen LogP contribution >= 0.6 is 38.5 Å². The topological polar surface area (TPSA) is 47.0 Å². The molecule has 0 saturated heterocycles. The lowest BCUT2D eigenvalue weighted by Gasteiger charge is -2.12. The van der Waals surface area contributed by atoms with Crippen LogP contribution in [0.5, 0.6) is 0 Å². The van der Waals surface area contributed by atoms with Gasteiger partial charge in [-0.25, -0.2) is 9.97 Å². The van der Waals surface area contributed by atoms with Crippen LogP contribution in [0.15, 0.2) is 28.7 Å². The monoisotopic (exact) mass is 461 g/mol. The van der Waals surface area contributed by atoms with Crippen molar-refractivity contribution in [3.05, 3.63) is 38.0 Å². The van der Waals surface area contributed by atoms with Gasteiger partial charge in [0.1, 0.15) is 5.82 Å². The molecule has 1 aromatic heterocycles. The Balaban J connectivity index is 2.47.